The average molecular weight is 225 g/mol. The zero-order valence-corrected chi connectivity index (χ0v) is 9.43. The van der Waals surface area contributed by atoms with Crippen molar-refractivity contribution in [1.29, 1.82) is 0 Å². The van der Waals surface area contributed by atoms with Crippen LogP contribution >= 0.6 is 0 Å². The minimum Gasteiger partial charge on any atom is -0.493 e. The van der Waals surface area contributed by atoms with E-state index >= 15 is 0 Å². The number of hydrogen-bond donors (Lipinski definition) is 0. The van der Waals surface area contributed by atoms with Gasteiger partial charge < -0.3 is 9.47 Å². The van der Waals surface area contributed by atoms with E-state index in [1.54, 1.807) is 26.2 Å². The fraction of sp³-hybridized carbons (Fsp3) is 0.455. The second-order valence-electron chi connectivity index (χ2n) is 3.40. The van der Waals surface area contributed by atoms with E-state index in [1.807, 2.05) is 0 Å². The van der Waals surface area contributed by atoms with Gasteiger partial charge in [0.25, 0.3) is 5.69 Å². The lowest BCUT2D eigenvalue weighted by molar-refractivity contribution is -0.385. The molecule has 1 aromatic carbocycles. The minimum absolute atomic E-state index is 0.0873. The van der Waals surface area contributed by atoms with Crippen LogP contribution in [0.25, 0.3) is 0 Å². The quantitative estimate of drug-likeness (QED) is 0.423. The Bertz CT molecular complexity index is 365. The van der Waals surface area contributed by atoms with Crippen LogP contribution in [0.2, 0.25) is 0 Å². The Kier molecular flexibility index (Phi) is 4.72. The molecule has 0 atom stereocenters. The molecule has 0 fully saturated rings. The van der Waals surface area contributed by atoms with Gasteiger partial charge >= 0.3 is 0 Å². The molecule has 0 unspecified atom stereocenters. The maximum Gasteiger partial charge on any atom is 0.275 e. The van der Waals surface area contributed by atoms with E-state index in [2.05, 4.69) is 0 Å². The van der Waals surface area contributed by atoms with Crippen molar-refractivity contribution < 1.29 is 14.4 Å². The van der Waals surface area contributed by atoms with E-state index in [0.717, 1.165) is 6.42 Å². The number of aryl methyl sites for hydroxylation is 1. The van der Waals surface area contributed by atoms with E-state index in [-0.39, 0.29) is 5.69 Å². The second-order valence-corrected chi connectivity index (χ2v) is 3.40. The molecular weight excluding hydrogens is 210 g/mol. The van der Waals surface area contributed by atoms with Crippen LogP contribution in [0.3, 0.4) is 0 Å². The lowest BCUT2D eigenvalue weighted by atomic mass is 10.2. The summed E-state index contributed by atoms with van der Waals surface area (Å²) in [4.78, 5) is 10.3. The maximum atomic E-state index is 10.7. The smallest absolute Gasteiger partial charge is 0.275 e. The van der Waals surface area contributed by atoms with Crippen molar-refractivity contribution in [2.24, 2.45) is 0 Å². The molecule has 16 heavy (non-hydrogen) atoms. The summed E-state index contributed by atoms with van der Waals surface area (Å²) in [6.07, 6.45) is 0.762. The molecule has 88 valence electrons. The van der Waals surface area contributed by atoms with Crippen LogP contribution in [-0.2, 0) is 4.74 Å². The molecule has 0 aliphatic rings. The molecule has 0 heterocycles. The zero-order chi connectivity index (χ0) is 12.0. The third-order valence-corrected chi connectivity index (χ3v) is 2.14. The summed E-state index contributed by atoms with van der Waals surface area (Å²) < 4.78 is 10.2. The largest absolute Gasteiger partial charge is 0.493 e. The van der Waals surface area contributed by atoms with Crippen molar-refractivity contribution in [1.82, 2.24) is 0 Å². The van der Waals surface area contributed by atoms with Gasteiger partial charge in [-0.3, -0.25) is 10.1 Å². The van der Waals surface area contributed by atoms with E-state index < -0.39 is 4.92 Å². The summed E-state index contributed by atoms with van der Waals surface area (Å²) >= 11 is 0. The SMILES string of the molecule is COCCCOc1ccc(C)c([N+](=O)[O-])c1. The van der Waals surface area contributed by atoms with Crippen molar-refractivity contribution in [2.75, 3.05) is 20.3 Å². The first kappa shape index (κ1) is 12.4. The van der Waals surface area contributed by atoms with Crippen molar-refractivity contribution in [2.45, 2.75) is 13.3 Å². The van der Waals surface area contributed by atoms with Gasteiger partial charge in [0.1, 0.15) is 5.75 Å². The fourth-order valence-corrected chi connectivity index (χ4v) is 1.27. The fourth-order valence-electron chi connectivity index (χ4n) is 1.27. The number of benzene rings is 1. The van der Waals surface area contributed by atoms with Gasteiger partial charge in [0.2, 0.25) is 0 Å². The summed E-state index contributed by atoms with van der Waals surface area (Å²) in [6.45, 7) is 2.81. The van der Waals surface area contributed by atoms with Gasteiger partial charge in [-0.25, -0.2) is 0 Å². The highest BCUT2D eigenvalue weighted by Crippen LogP contribution is 2.23. The van der Waals surface area contributed by atoms with E-state index in [1.165, 1.54) is 6.07 Å². The Labute approximate surface area is 94.1 Å². The van der Waals surface area contributed by atoms with E-state index in [4.69, 9.17) is 9.47 Å². The van der Waals surface area contributed by atoms with E-state index in [0.29, 0.717) is 24.5 Å². The molecule has 0 bridgehead atoms. The van der Waals surface area contributed by atoms with Crippen LogP contribution in [0.5, 0.6) is 5.75 Å². The third kappa shape index (κ3) is 3.51. The first-order chi connectivity index (χ1) is 7.65. The summed E-state index contributed by atoms with van der Waals surface area (Å²) in [6, 6.07) is 4.86. The Hall–Kier alpha value is -1.62. The Morgan fingerprint density at radius 1 is 1.38 bits per heavy atom. The Morgan fingerprint density at radius 2 is 2.12 bits per heavy atom. The predicted molar refractivity (Wildman–Crippen MR) is 59.8 cm³/mol. The third-order valence-electron chi connectivity index (χ3n) is 2.14. The highest BCUT2D eigenvalue weighted by molar-refractivity contribution is 5.45. The zero-order valence-electron chi connectivity index (χ0n) is 9.43. The van der Waals surface area contributed by atoms with Crippen molar-refractivity contribution in [3.8, 4) is 5.75 Å². The van der Waals surface area contributed by atoms with Gasteiger partial charge in [0, 0.05) is 25.7 Å². The van der Waals surface area contributed by atoms with Crippen LogP contribution in [-0.4, -0.2) is 25.2 Å². The minimum atomic E-state index is -0.405. The Morgan fingerprint density at radius 3 is 2.75 bits per heavy atom. The number of nitro groups is 1. The molecule has 1 aromatic rings. The highest BCUT2D eigenvalue weighted by atomic mass is 16.6. The number of nitro benzene ring substituents is 1. The maximum absolute atomic E-state index is 10.7. The van der Waals surface area contributed by atoms with Crippen LogP contribution in [0, 0.1) is 17.0 Å². The molecule has 0 radical (unpaired) electrons. The molecule has 5 nitrogen and oxygen atoms in total. The van der Waals surface area contributed by atoms with Gasteiger partial charge in [-0.15, -0.1) is 0 Å². The monoisotopic (exact) mass is 225 g/mol. The standard InChI is InChI=1S/C11H15NO4/c1-9-4-5-10(8-11(9)12(13)14)16-7-3-6-15-2/h4-5,8H,3,6-7H2,1-2H3. The number of rotatable bonds is 6. The molecule has 0 aromatic heterocycles. The molecule has 1 rings (SSSR count). The Balaban J connectivity index is 2.61. The van der Waals surface area contributed by atoms with Gasteiger partial charge in [-0.05, 0) is 19.1 Å². The van der Waals surface area contributed by atoms with Crippen LogP contribution in [0.4, 0.5) is 5.69 Å². The molecular formula is C11H15NO4. The predicted octanol–water partition coefficient (Wildman–Crippen LogP) is 2.32. The number of methoxy groups -OCH3 is 1. The van der Waals surface area contributed by atoms with Gasteiger partial charge in [-0.2, -0.15) is 0 Å². The van der Waals surface area contributed by atoms with Crippen molar-refractivity contribution in [3.05, 3.63) is 33.9 Å². The van der Waals surface area contributed by atoms with Crippen molar-refractivity contribution >= 4 is 5.69 Å². The summed E-state index contributed by atoms with van der Waals surface area (Å²) in [5.41, 5.74) is 0.721. The number of ether oxygens (including phenoxy) is 2. The molecule has 5 heteroatoms. The topological polar surface area (TPSA) is 61.6 Å². The molecule has 0 saturated carbocycles. The van der Waals surface area contributed by atoms with Crippen LogP contribution in [0.15, 0.2) is 18.2 Å². The van der Waals surface area contributed by atoms with Crippen LogP contribution in [0.1, 0.15) is 12.0 Å². The molecule has 0 saturated heterocycles. The first-order valence-electron chi connectivity index (χ1n) is 5.02. The van der Waals surface area contributed by atoms with Gasteiger partial charge in [0.05, 0.1) is 17.6 Å². The highest BCUT2D eigenvalue weighted by Gasteiger charge is 2.11. The summed E-state index contributed by atoms with van der Waals surface area (Å²) in [5.74, 6) is 0.522. The molecule has 0 aliphatic carbocycles. The lowest BCUT2D eigenvalue weighted by Crippen LogP contribution is -2.02. The normalized spacial score (nSPS) is 10.1. The van der Waals surface area contributed by atoms with E-state index in [9.17, 15) is 10.1 Å². The summed E-state index contributed by atoms with van der Waals surface area (Å²) in [5, 5.41) is 10.7. The van der Waals surface area contributed by atoms with Crippen LogP contribution < -0.4 is 4.74 Å². The lowest BCUT2D eigenvalue weighted by Gasteiger charge is -2.06. The van der Waals surface area contributed by atoms with Crippen molar-refractivity contribution in [3.63, 3.8) is 0 Å². The molecule has 0 N–H and O–H groups in total. The number of hydrogen-bond acceptors (Lipinski definition) is 4. The first-order valence-corrected chi connectivity index (χ1v) is 5.02. The number of nitrogens with zero attached hydrogens (tertiary/aromatic N) is 1. The molecule has 0 amide bonds. The molecule has 0 aliphatic heterocycles. The summed E-state index contributed by atoms with van der Waals surface area (Å²) in [7, 11) is 1.62. The second kappa shape index (κ2) is 6.07. The van der Waals surface area contributed by atoms with Gasteiger partial charge in [-0.1, -0.05) is 0 Å². The van der Waals surface area contributed by atoms with Gasteiger partial charge in [0.15, 0.2) is 0 Å². The average Bonchev–Trinajstić information content (AvgIpc) is 2.26. The molecule has 0 spiro atoms.